The molecule has 0 saturated heterocycles. The summed E-state index contributed by atoms with van der Waals surface area (Å²) in [4.78, 5) is 22.7. The molecule has 1 aromatic rings. The lowest BCUT2D eigenvalue weighted by atomic mass is 10.1. The molecule has 1 aromatic carbocycles. The molecule has 0 radical (unpaired) electrons. The number of carbonyl (C=O) groups excluding carboxylic acids is 2. The molecule has 0 aliphatic carbocycles. The molecule has 0 fully saturated rings. The van der Waals surface area contributed by atoms with E-state index in [1.165, 1.54) is 0 Å². The number of anilines is 1. The summed E-state index contributed by atoms with van der Waals surface area (Å²) in [6.45, 7) is 2.18. The molecule has 0 heterocycles. The molecule has 0 aliphatic heterocycles. The Morgan fingerprint density at radius 2 is 2.12 bits per heavy atom. The predicted molar refractivity (Wildman–Crippen MR) is 64.7 cm³/mol. The molecule has 0 aliphatic rings. The number of nitrogens with two attached hydrogens (primary N) is 1. The number of carbonyl (C=O) groups is 2. The number of ketones is 1. The third-order valence-electron chi connectivity index (χ3n) is 2.07. The van der Waals surface area contributed by atoms with Crippen molar-refractivity contribution < 1.29 is 14.3 Å². The van der Waals surface area contributed by atoms with Crippen molar-refractivity contribution in [3.05, 3.63) is 29.8 Å². The van der Waals surface area contributed by atoms with Crippen molar-refractivity contribution in [2.75, 3.05) is 25.4 Å². The maximum atomic E-state index is 11.7. The Kier molecular flexibility index (Phi) is 5.16. The van der Waals surface area contributed by atoms with E-state index in [-0.39, 0.29) is 24.8 Å². The van der Waals surface area contributed by atoms with Crippen molar-refractivity contribution in [1.82, 2.24) is 5.32 Å². The predicted octanol–water partition coefficient (Wildman–Crippen LogP) is 0.604. The van der Waals surface area contributed by atoms with Gasteiger partial charge in [0.15, 0.2) is 5.78 Å². The van der Waals surface area contributed by atoms with Gasteiger partial charge in [-0.1, -0.05) is 12.1 Å². The molecule has 0 atom stereocenters. The quantitative estimate of drug-likeness (QED) is 0.429. The van der Waals surface area contributed by atoms with Crippen molar-refractivity contribution in [3.63, 3.8) is 0 Å². The molecule has 92 valence electrons. The van der Waals surface area contributed by atoms with Crippen LogP contribution in [-0.2, 0) is 9.53 Å². The van der Waals surface area contributed by atoms with E-state index >= 15 is 0 Å². The summed E-state index contributed by atoms with van der Waals surface area (Å²) in [5.41, 5.74) is 6.64. The van der Waals surface area contributed by atoms with Crippen molar-refractivity contribution in [3.8, 4) is 0 Å². The van der Waals surface area contributed by atoms with E-state index in [1.807, 2.05) is 0 Å². The van der Waals surface area contributed by atoms with E-state index in [2.05, 4.69) is 5.32 Å². The maximum Gasteiger partial charge on any atom is 0.319 e. The molecular weight excluding hydrogens is 220 g/mol. The van der Waals surface area contributed by atoms with Crippen LogP contribution in [0.15, 0.2) is 24.3 Å². The minimum atomic E-state index is -0.368. The Morgan fingerprint density at radius 1 is 1.35 bits per heavy atom. The van der Waals surface area contributed by atoms with Crippen molar-refractivity contribution >= 4 is 17.4 Å². The molecule has 5 heteroatoms. The fourth-order valence-electron chi connectivity index (χ4n) is 1.30. The average Bonchev–Trinajstić information content (AvgIpc) is 2.29. The number of hydrogen-bond donors (Lipinski definition) is 2. The first-order chi connectivity index (χ1) is 8.13. The average molecular weight is 236 g/mol. The number of hydrogen-bond acceptors (Lipinski definition) is 5. The SMILES string of the molecule is CCOC(=O)CNCC(=O)c1cccc(N)c1. The minimum absolute atomic E-state index is 0.0297. The van der Waals surface area contributed by atoms with Gasteiger partial charge in [-0.15, -0.1) is 0 Å². The Bertz CT molecular complexity index is 404. The van der Waals surface area contributed by atoms with E-state index in [4.69, 9.17) is 10.5 Å². The first-order valence-electron chi connectivity index (χ1n) is 5.38. The summed E-state index contributed by atoms with van der Waals surface area (Å²) in [5.74, 6) is -0.477. The number of ether oxygens (including phenoxy) is 1. The zero-order valence-electron chi connectivity index (χ0n) is 9.73. The molecule has 17 heavy (non-hydrogen) atoms. The van der Waals surface area contributed by atoms with Crippen LogP contribution in [0.25, 0.3) is 0 Å². The van der Waals surface area contributed by atoms with Crippen LogP contribution < -0.4 is 11.1 Å². The van der Waals surface area contributed by atoms with Gasteiger partial charge in [0, 0.05) is 11.3 Å². The van der Waals surface area contributed by atoms with Gasteiger partial charge in [-0.25, -0.2) is 0 Å². The van der Waals surface area contributed by atoms with Crippen LogP contribution in [-0.4, -0.2) is 31.4 Å². The van der Waals surface area contributed by atoms with Crippen LogP contribution in [0.5, 0.6) is 0 Å². The van der Waals surface area contributed by atoms with E-state index in [0.29, 0.717) is 17.9 Å². The lowest BCUT2D eigenvalue weighted by Crippen LogP contribution is -2.29. The first-order valence-corrected chi connectivity index (χ1v) is 5.38. The summed E-state index contributed by atoms with van der Waals surface area (Å²) in [6, 6.07) is 6.72. The van der Waals surface area contributed by atoms with Gasteiger partial charge in [0.2, 0.25) is 0 Å². The van der Waals surface area contributed by atoms with Gasteiger partial charge in [-0.2, -0.15) is 0 Å². The molecule has 0 spiro atoms. The summed E-state index contributed by atoms with van der Waals surface area (Å²) < 4.78 is 4.72. The highest BCUT2D eigenvalue weighted by Gasteiger charge is 2.07. The Labute approximate surface area is 99.9 Å². The van der Waals surface area contributed by atoms with Gasteiger partial charge >= 0.3 is 5.97 Å². The minimum Gasteiger partial charge on any atom is -0.465 e. The molecule has 5 nitrogen and oxygen atoms in total. The lowest BCUT2D eigenvalue weighted by Gasteiger charge is -2.04. The molecular formula is C12H16N2O3. The van der Waals surface area contributed by atoms with Crippen LogP contribution in [0.4, 0.5) is 5.69 Å². The second-order valence-electron chi connectivity index (χ2n) is 3.46. The molecule has 1 rings (SSSR count). The third-order valence-corrected chi connectivity index (χ3v) is 2.07. The highest BCUT2D eigenvalue weighted by molar-refractivity contribution is 5.98. The smallest absolute Gasteiger partial charge is 0.319 e. The molecule has 0 unspecified atom stereocenters. The second kappa shape index (κ2) is 6.65. The monoisotopic (exact) mass is 236 g/mol. The molecule has 0 aromatic heterocycles. The summed E-state index contributed by atoms with van der Waals surface area (Å²) >= 11 is 0. The zero-order chi connectivity index (χ0) is 12.7. The number of rotatable bonds is 6. The zero-order valence-corrected chi connectivity index (χ0v) is 9.73. The molecule has 3 N–H and O–H groups in total. The van der Waals surface area contributed by atoms with Crippen LogP contribution in [0, 0.1) is 0 Å². The number of nitrogens with one attached hydrogen (secondary N) is 1. The van der Waals surface area contributed by atoms with Crippen LogP contribution in [0.3, 0.4) is 0 Å². The third kappa shape index (κ3) is 4.65. The van der Waals surface area contributed by atoms with E-state index in [0.717, 1.165) is 0 Å². The van der Waals surface area contributed by atoms with Crippen LogP contribution in [0.1, 0.15) is 17.3 Å². The first kappa shape index (κ1) is 13.2. The Hall–Kier alpha value is -1.88. The van der Waals surface area contributed by atoms with Crippen molar-refractivity contribution in [2.45, 2.75) is 6.92 Å². The fourth-order valence-corrected chi connectivity index (χ4v) is 1.30. The van der Waals surface area contributed by atoms with E-state index in [9.17, 15) is 9.59 Å². The largest absolute Gasteiger partial charge is 0.465 e. The van der Waals surface area contributed by atoms with Gasteiger partial charge in [0.05, 0.1) is 19.7 Å². The number of benzene rings is 1. The van der Waals surface area contributed by atoms with Crippen LogP contribution in [0.2, 0.25) is 0 Å². The fraction of sp³-hybridized carbons (Fsp3) is 0.333. The van der Waals surface area contributed by atoms with Gasteiger partial charge in [0.25, 0.3) is 0 Å². The van der Waals surface area contributed by atoms with Crippen LogP contribution >= 0.6 is 0 Å². The summed E-state index contributed by atoms with van der Waals surface area (Å²) in [7, 11) is 0. The summed E-state index contributed by atoms with van der Waals surface area (Å²) in [6.07, 6.45) is 0. The topological polar surface area (TPSA) is 81.4 Å². The van der Waals surface area contributed by atoms with E-state index in [1.54, 1.807) is 31.2 Å². The van der Waals surface area contributed by atoms with Crippen molar-refractivity contribution in [2.24, 2.45) is 0 Å². The number of Topliss-reactive ketones (excluding diaryl/α,β-unsaturated/α-hetero) is 1. The molecule has 0 bridgehead atoms. The standard InChI is InChI=1S/C12H16N2O3/c1-2-17-12(16)8-14-7-11(15)9-4-3-5-10(13)6-9/h3-6,14H,2,7-8,13H2,1H3. The van der Waals surface area contributed by atoms with Crippen molar-refractivity contribution in [1.29, 1.82) is 0 Å². The van der Waals surface area contributed by atoms with Gasteiger partial charge in [-0.3, -0.25) is 14.9 Å². The Morgan fingerprint density at radius 3 is 2.76 bits per heavy atom. The normalized spacial score (nSPS) is 9.94. The van der Waals surface area contributed by atoms with E-state index < -0.39 is 0 Å². The van der Waals surface area contributed by atoms with Gasteiger partial charge in [0.1, 0.15) is 0 Å². The van der Waals surface area contributed by atoms with Gasteiger partial charge < -0.3 is 10.5 Å². The highest BCUT2D eigenvalue weighted by Crippen LogP contribution is 2.06. The number of nitrogen functional groups attached to an aromatic ring is 1. The second-order valence-corrected chi connectivity index (χ2v) is 3.46. The summed E-state index contributed by atoms with van der Waals surface area (Å²) in [5, 5.41) is 2.72. The van der Waals surface area contributed by atoms with Gasteiger partial charge in [-0.05, 0) is 19.1 Å². The number of esters is 1. The Balaban J connectivity index is 2.38. The lowest BCUT2D eigenvalue weighted by molar-refractivity contribution is -0.141. The molecule has 0 saturated carbocycles. The molecule has 0 amide bonds. The highest BCUT2D eigenvalue weighted by atomic mass is 16.5. The maximum absolute atomic E-state index is 11.7.